The van der Waals surface area contributed by atoms with E-state index in [2.05, 4.69) is 20.6 Å². The number of carbonyl (C=O) groups is 1. The van der Waals surface area contributed by atoms with Crippen molar-refractivity contribution in [1.29, 1.82) is 0 Å². The lowest BCUT2D eigenvalue weighted by Crippen LogP contribution is -2.45. The number of likely N-dealkylation sites (N-methyl/N-ethyl adjacent to an activating group) is 1. The van der Waals surface area contributed by atoms with Crippen molar-refractivity contribution in [2.24, 2.45) is 0 Å². The molecule has 7 nitrogen and oxygen atoms in total. The van der Waals surface area contributed by atoms with Gasteiger partial charge < -0.3 is 10.2 Å². The van der Waals surface area contributed by atoms with Gasteiger partial charge in [-0.15, -0.1) is 15.3 Å². The molecule has 126 valence electrons. The summed E-state index contributed by atoms with van der Waals surface area (Å²) >= 11 is 0. The van der Waals surface area contributed by atoms with E-state index in [-0.39, 0.29) is 23.9 Å². The minimum absolute atomic E-state index is 0.0198. The summed E-state index contributed by atoms with van der Waals surface area (Å²) in [6, 6.07) is 2.84. The van der Waals surface area contributed by atoms with Crippen molar-refractivity contribution in [2.45, 2.75) is 32.5 Å². The van der Waals surface area contributed by atoms with Crippen LogP contribution >= 0.6 is 0 Å². The molecule has 23 heavy (non-hydrogen) atoms. The van der Waals surface area contributed by atoms with Crippen molar-refractivity contribution in [3.63, 3.8) is 0 Å². The molecule has 0 saturated carbocycles. The Hall–Kier alpha value is -2.39. The van der Waals surface area contributed by atoms with Gasteiger partial charge in [-0.05, 0) is 32.9 Å². The minimum Gasteiger partial charge on any atom is -0.350 e. The molecule has 0 saturated heterocycles. The van der Waals surface area contributed by atoms with Gasteiger partial charge in [0.2, 0.25) is 5.91 Å². The van der Waals surface area contributed by atoms with Gasteiger partial charge in [0.25, 0.3) is 5.82 Å². The van der Waals surface area contributed by atoms with E-state index in [4.69, 9.17) is 0 Å². The zero-order chi connectivity index (χ0) is 17.4. The SMILES string of the molecule is CN(CC(=O)NC(C)(C)C)c1ccc2nnc(C(F)(F)F)n2n1. The number of hydrogen-bond acceptors (Lipinski definition) is 5. The number of rotatable bonds is 3. The van der Waals surface area contributed by atoms with Gasteiger partial charge in [0.05, 0.1) is 6.54 Å². The van der Waals surface area contributed by atoms with Gasteiger partial charge in [-0.25, -0.2) is 0 Å². The van der Waals surface area contributed by atoms with Gasteiger partial charge in [-0.2, -0.15) is 17.7 Å². The second-order valence-electron chi connectivity index (χ2n) is 6.14. The average molecular weight is 330 g/mol. The third-order valence-electron chi connectivity index (χ3n) is 2.79. The fourth-order valence-corrected chi connectivity index (χ4v) is 1.91. The summed E-state index contributed by atoms with van der Waals surface area (Å²) in [5, 5.41) is 13.2. The summed E-state index contributed by atoms with van der Waals surface area (Å²) in [7, 11) is 1.56. The lowest BCUT2D eigenvalue weighted by Gasteiger charge is -2.23. The molecule has 2 aromatic rings. The number of nitrogens with zero attached hydrogens (tertiary/aromatic N) is 5. The standard InChI is InChI=1S/C13H17F3N6O/c1-12(2,3)17-10(23)7-21(4)9-6-5-8-18-19-11(13(14,15)16)22(8)20-9/h5-6H,7H2,1-4H3,(H,17,23). The van der Waals surface area contributed by atoms with E-state index >= 15 is 0 Å². The van der Waals surface area contributed by atoms with Crippen molar-refractivity contribution in [2.75, 3.05) is 18.5 Å². The van der Waals surface area contributed by atoms with E-state index in [1.807, 2.05) is 20.8 Å². The van der Waals surface area contributed by atoms with Crippen LogP contribution in [-0.2, 0) is 11.0 Å². The molecule has 0 bridgehead atoms. The number of anilines is 1. The summed E-state index contributed by atoms with van der Waals surface area (Å²) in [6.07, 6.45) is -4.66. The van der Waals surface area contributed by atoms with Crippen LogP contribution in [0.4, 0.5) is 19.0 Å². The van der Waals surface area contributed by atoms with E-state index in [9.17, 15) is 18.0 Å². The second kappa shape index (κ2) is 5.67. The molecular weight excluding hydrogens is 313 g/mol. The van der Waals surface area contributed by atoms with Gasteiger partial charge in [-0.1, -0.05) is 0 Å². The van der Waals surface area contributed by atoms with Crippen LogP contribution in [0, 0.1) is 0 Å². The van der Waals surface area contributed by atoms with Crippen LogP contribution in [0.25, 0.3) is 5.65 Å². The minimum atomic E-state index is -4.66. The second-order valence-corrected chi connectivity index (χ2v) is 6.14. The van der Waals surface area contributed by atoms with Gasteiger partial charge >= 0.3 is 6.18 Å². The molecule has 0 aromatic carbocycles. The van der Waals surface area contributed by atoms with Gasteiger partial charge in [0.1, 0.15) is 5.82 Å². The van der Waals surface area contributed by atoms with Crippen LogP contribution in [0.1, 0.15) is 26.6 Å². The highest BCUT2D eigenvalue weighted by molar-refractivity contribution is 5.81. The van der Waals surface area contributed by atoms with Crippen LogP contribution in [0.2, 0.25) is 0 Å². The molecule has 0 radical (unpaired) electrons. The number of amides is 1. The molecule has 0 aliphatic rings. The highest BCUT2D eigenvalue weighted by atomic mass is 19.4. The number of hydrogen-bond donors (Lipinski definition) is 1. The molecule has 2 rings (SSSR count). The Bertz CT molecular complexity index is 719. The van der Waals surface area contributed by atoms with Crippen LogP contribution in [0.15, 0.2) is 12.1 Å². The fraction of sp³-hybridized carbons (Fsp3) is 0.538. The maximum Gasteiger partial charge on any atom is 0.453 e. The first-order valence-electron chi connectivity index (χ1n) is 6.79. The van der Waals surface area contributed by atoms with Crippen molar-refractivity contribution >= 4 is 17.4 Å². The molecule has 0 atom stereocenters. The molecule has 2 aromatic heterocycles. The van der Waals surface area contributed by atoms with E-state index < -0.39 is 17.5 Å². The lowest BCUT2D eigenvalue weighted by molar-refractivity contribution is -0.146. The monoisotopic (exact) mass is 330 g/mol. The third kappa shape index (κ3) is 4.08. The van der Waals surface area contributed by atoms with Crippen molar-refractivity contribution in [1.82, 2.24) is 25.1 Å². The molecule has 0 aliphatic heterocycles. The third-order valence-corrected chi connectivity index (χ3v) is 2.79. The number of halogens is 3. The molecule has 0 fully saturated rings. The number of carbonyl (C=O) groups excluding carboxylic acids is 1. The first-order chi connectivity index (χ1) is 10.5. The predicted octanol–water partition coefficient (Wildman–Crippen LogP) is 1.49. The fourth-order valence-electron chi connectivity index (χ4n) is 1.91. The number of alkyl halides is 3. The quantitative estimate of drug-likeness (QED) is 0.923. The summed E-state index contributed by atoms with van der Waals surface area (Å²) in [5.74, 6) is -1.27. The van der Waals surface area contributed by atoms with Crippen molar-refractivity contribution in [3.05, 3.63) is 18.0 Å². The van der Waals surface area contributed by atoms with Gasteiger partial charge in [0, 0.05) is 12.6 Å². The Morgan fingerprint density at radius 2 is 1.91 bits per heavy atom. The van der Waals surface area contributed by atoms with Crippen molar-refractivity contribution in [3.8, 4) is 0 Å². The summed E-state index contributed by atoms with van der Waals surface area (Å²) in [6.45, 7) is 5.46. The summed E-state index contributed by atoms with van der Waals surface area (Å²) in [4.78, 5) is 13.3. The maximum atomic E-state index is 12.8. The normalized spacial score (nSPS) is 12.5. The first-order valence-corrected chi connectivity index (χ1v) is 6.79. The first kappa shape index (κ1) is 17.0. The zero-order valence-electron chi connectivity index (χ0n) is 13.1. The van der Waals surface area contributed by atoms with E-state index in [1.54, 1.807) is 7.05 Å². The average Bonchev–Trinajstić information content (AvgIpc) is 2.78. The molecule has 0 spiro atoms. The Labute approximate surface area is 130 Å². The number of fused-ring (bicyclic) bond motifs is 1. The Morgan fingerprint density at radius 3 is 2.48 bits per heavy atom. The molecule has 0 aliphatic carbocycles. The summed E-state index contributed by atoms with van der Waals surface area (Å²) < 4.78 is 39.1. The highest BCUT2D eigenvalue weighted by Crippen LogP contribution is 2.27. The van der Waals surface area contributed by atoms with E-state index in [1.165, 1.54) is 17.0 Å². The predicted molar refractivity (Wildman–Crippen MR) is 76.9 cm³/mol. The Kier molecular flexibility index (Phi) is 4.18. The molecule has 1 amide bonds. The van der Waals surface area contributed by atoms with Crippen molar-refractivity contribution < 1.29 is 18.0 Å². The zero-order valence-corrected chi connectivity index (χ0v) is 13.1. The molecule has 2 heterocycles. The van der Waals surface area contributed by atoms with Crippen LogP contribution in [0.5, 0.6) is 0 Å². The maximum absolute atomic E-state index is 12.8. The number of nitrogens with one attached hydrogen (secondary N) is 1. The van der Waals surface area contributed by atoms with Crippen LogP contribution in [-0.4, -0.2) is 44.8 Å². The highest BCUT2D eigenvalue weighted by Gasteiger charge is 2.37. The Morgan fingerprint density at radius 1 is 1.26 bits per heavy atom. The lowest BCUT2D eigenvalue weighted by atomic mass is 10.1. The van der Waals surface area contributed by atoms with Gasteiger partial charge in [0.15, 0.2) is 5.65 Å². The molecule has 10 heteroatoms. The molecular formula is C13H17F3N6O. The van der Waals surface area contributed by atoms with Crippen LogP contribution in [0.3, 0.4) is 0 Å². The Balaban J connectivity index is 2.24. The smallest absolute Gasteiger partial charge is 0.350 e. The molecule has 1 N–H and O–H groups in total. The van der Waals surface area contributed by atoms with E-state index in [0.29, 0.717) is 4.52 Å². The topological polar surface area (TPSA) is 75.4 Å². The summed E-state index contributed by atoms with van der Waals surface area (Å²) in [5.41, 5.74) is -0.416. The van der Waals surface area contributed by atoms with Crippen LogP contribution < -0.4 is 10.2 Å². The number of aromatic nitrogens is 4. The van der Waals surface area contributed by atoms with Gasteiger partial charge in [-0.3, -0.25) is 4.79 Å². The largest absolute Gasteiger partial charge is 0.453 e. The van der Waals surface area contributed by atoms with E-state index in [0.717, 1.165) is 0 Å². The molecule has 0 unspecified atom stereocenters.